The average molecular weight is 387 g/mol. The van der Waals surface area contributed by atoms with Crippen molar-refractivity contribution >= 4 is 23.4 Å². The normalized spacial score (nSPS) is 10.2. The summed E-state index contributed by atoms with van der Waals surface area (Å²) in [6.45, 7) is 0.486. The van der Waals surface area contributed by atoms with Crippen molar-refractivity contribution in [1.29, 1.82) is 0 Å². The highest BCUT2D eigenvalue weighted by Crippen LogP contribution is 2.16. The van der Waals surface area contributed by atoms with Crippen LogP contribution in [-0.2, 0) is 6.42 Å². The number of nitrogens with one attached hydrogen (secondary N) is 2. The predicted octanol–water partition coefficient (Wildman–Crippen LogP) is 3.01. The van der Waals surface area contributed by atoms with Gasteiger partial charge in [0, 0.05) is 17.7 Å². The van der Waals surface area contributed by atoms with Crippen LogP contribution >= 0.6 is 0 Å². The van der Waals surface area contributed by atoms with E-state index in [1.807, 2.05) is 30.3 Å². The van der Waals surface area contributed by atoms with Gasteiger partial charge < -0.3 is 16.4 Å². The first-order valence-electron chi connectivity index (χ1n) is 9.17. The molecule has 0 radical (unpaired) electrons. The number of rotatable bonds is 7. The fraction of sp³-hybridized carbons (Fsp3) is 0.0870. The molecule has 6 heteroatoms. The van der Waals surface area contributed by atoms with Crippen LogP contribution in [0.15, 0.2) is 78.9 Å². The van der Waals surface area contributed by atoms with Gasteiger partial charge in [-0.05, 0) is 48.4 Å². The highest BCUT2D eigenvalue weighted by Gasteiger charge is 2.14. The summed E-state index contributed by atoms with van der Waals surface area (Å²) in [5.74, 6) is -1.21. The molecule has 6 nitrogen and oxygen atoms in total. The lowest BCUT2D eigenvalue weighted by molar-refractivity contribution is 0.0953. The minimum absolute atomic E-state index is 0.263. The zero-order chi connectivity index (χ0) is 20.6. The van der Waals surface area contributed by atoms with E-state index < -0.39 is 5.91 Å². The number of hydrogen-bond acceptors (Lipinski definition) is 3. The van der Waals surface area contributed by atoms with Gasteiger partial charge in [0.15, 0.2) is 0 Å². The SMILES string of the molecule is NC(=O)c1ccc(C(=O)Nc2ccccc2C(=O)NCCc2ccccc2)cc1. The molecular formula is C23H21N3O3. The Balaban J connectivity index is 1.65. The largest absolute Gasteiger partial charge is 0.366 e. The van der Waals surface area contributed by atoms with Crippen molar-refractivity contribution in [2.75, 3.05) is 11.9 Å². The first kappa shape index (κ1) is 19.8. The van der Waals surface area contributed by atoms with Crippen molar-refractivity contribution in [1.82, 2.24) is 5.32 Å². The molecule has 0 bridgehead atoms. The second kappa shape index (κ2) is 9.32. The molecule has 0 heterocycles. The minimum Gasteiger partial charge on any atom is -0.366 e. The molecule has 3 amide bonds. The second-order valence-corrected chi connectivity index (χ2v) is 6.43. The first-order valence-corrected chi connectivity index (χ1v) is 9.17. The summed E-state index contributed by atoms with van der Waals surface area (Å²) in [7, 11) is 0. The van der Waals surface area contributed by atoms with E-state index in [0.29, 0.717) is 35.3 Å². The van der Waals surface area contributed by atoms with Gasteiger partial charge in [-0.2, -0.15) is 0 Å². The maximum atomic E-state index is 12.6. The van der Waals surface area contributed by atoms with Crippen LogP contribution in [0.3, 0.4) is 0 Å². The van der Waals surface area contributed by atoms with E-state index in [1.165, 1.54) is 24.3 Å². The van der Waals surface area contributed by atoms with Crippen LogP contribution in [0.1, 0.15) is 36.6 Å². The standard InChI is InChI=1S/C23H21N3O3/c24-21(27)17-10-12-18(13-11-17)22(28)26-20-9-5-4-8-19(20)23(29)25-15-14-16-6-2-1-3-7-16/h1-13H,14-15H2,(H2,24,27)(H,25,29)(H,26,28). The van der Waals surface area contributed by atoms with E-state index in [9.17, 15) is 14.4 Å². The molecule has 0 saturated heterocycles. The van der Waals surface area contributed by atoms with E-state index in [4.69, 9.17) is 5.73 Å². The highest BCUT2D eigenvalue weighted by atomic mass is 16.2. The predicted molar refractivity (Wildman–Crippen MR) is 112 cm³/mol. The molecule has 3 rings (SSSR count). The summed E-state index contributed by atoms with van der Waals surface area (Å²) in [5, 5.41) is 5.63. The van der Waals surface area contributed by atoms with Gasteiger partial charge in [0.2, 0.25) is 5.91 Å². The van der Waals surface area contributed by atoms with Crippen LogP contribution in [-0.4, -0.2) is 24.3 Å². The smallest absolute Gasteiger partial charge is 0.255 e. The Labute approximate surface area is 168 Å². The lowest BCUT2D eigenvalue weighted by Crippen LogP contribution is -2.27. The van der Waals surface area contributed by atoms with Gasteiger partial charge in [-0.15, -0.1) is 0 Å². The molecule has 146 valence electrons. The molecule has 0 fully saturated rings. The van der Waals surface area contributed by atoms with E-state index in [-0.39, 0.29) is 11.8 Å². The van der Waals surface area contributed by atoms with Gasteiger partial charge in [-0.3, -0.25) is 14.4 Å². The quantitative estimate of drug-likeness (QED) is 0.581. The first-order chi connectivity index (χ1) is 14.0. The topological polar surface area (TPSA) is 101 Å². The number of amides is 3. The Hall–Kier alpha value is -3.93. The van der Waals surface area contributed by atoms with E-state index in [1.54, 1.807) is 24.3 Å². The summed E-state index contributed by atoms with van der Waals surface area (Å²) in [6, 6.07) is 22.7. The molecule has 0 aliphatic carbocycles. The fourth-order valence-corrected chi connectivity index (χ4v) is 2.83. The minimum atomic E-state index is -0.561. The van der Waals surface area contributed by atoms with Crippen molar-refractivity contribution in [3.8, 4) is 0 Å². The van der Waals surface area contributed by atoms with Gasteiger partial charge in [-0.25, -0.2) is 0 Å². The van der Waals surface area contributed by atoms with E-state index in [2.05, 4.69) is 10.6 Å². The zero-order valence-electron chi connectivity index (χ0n) is 15.7. The Morgan fingerprint density at radius 1 is 0.724 bits per heavy atom. The van der Waals surface area contributed by atoms with Gasteiger partial charge in [0.05, 0.1) is 11.3 Å². The maximum Gasteiger partial charge on any atom is 0.255 e. The lowest BCUT2D eigenvalue weighted by atomic mass is 10.1. The van der Waals surface area contributed by atoms with Crippen molar-refractivity contribution in [3.63, 3.8) is 0 Å². The van der Waals surface area contributed by atoms with Crippen molar-refractivity contribution < 1.29 is 14.4 Å². The number of benzene rings is 3. The average Bonchev–Trinajstić information content (AvgIpc) is 2.75. The number of nitrogens with two attached hydrogens (primary N) is 1. The summed E-state index contributed by atoms with van der Waals surface area (Å²) in [6.07, 6.45) is 0.716. The molecule has 0 aromatic heterocycles. The third-order valence-electron chi connectivity index (χ3n) is 4.39. The summed E-state index contributed by atoms with van der Waals surface area (Å²) < 4.78 is 0. The molecule has 0 aliphatic heterocycles. The number of anilines is 1. The number of primary amides is 1. The van der Waals surface area contributed by atoms with Crippen molar-refractivity contribution in [3.05, 3.63) is 101 Å². The van der Waals surface area contributed by atoms with Crippen LogP contribution in [0.25, 0.3) is 0 Å². The van der Waals surface area contributed by atoms with Crippen molar-refractivity contribution in [2.24, 2.45) is 5.73 Å². The van der Waals surface area contributed by atoms with Gasteiger partial charge in [0.1, 0.15) is 0 Å². The van der Waals surface area contributed by atoms with E-state index in [0.717, 1.165) is 5.56 Å². The molecule has 4 N–H and O–H groups in total. The molecule has 0 atom stereocenters. The molecule has 0 aliphatic rings. The molecule has 3 aromatic carbocycles. The Morgan fingerprint density at radius 2 is 1.34 bits per heavy atom. The lowest BCUT2D eigenvalue weighted by Gasteiger charge is -2.12. The Bertz CT molecular complexity index is 1020. The van der Waals surface area contributed by atoms with Crippen LogP contribution in [0, 0.1) is 0 Å². The number of carbonyl (C=O) groups is 3. The molecule has 0 saturated carbocycles. The third kappa shape index (κ3) is 5.29. The van der Waals surface area contributed by atoms with Crippen LogP contribution in [0.5, 0.6) is 0 Å². The second-order valence-electron chi connectivity index (χ2n) is 6.43. The third-order valence-corrected chi connectivity index (χ3v) is 4.39. The molecule has 0 unspecified atom stereocenters. The van der Waals surface area contributed by atoms with Crippen molar-refractivity contribution in [2.45, 2.75) is 6.42 Å². The van der Waals surface area contributed by atoms with E-state index >= 15 is 0 Å². The number of hydrogen-bond donors (Lipinski definition) is 3. The zero-order valence-corrected chi connectivity index (χ0v) is 15.7. The summed E-state index contributed by atoms with van der Waals surface area (Å²) in [5.41, 5.74) is 7.81. The molecule has 0 spiro atoms. The summed E-state index contributed by atoms with van der Waals surface area (Å²) in [4.78, 5) is 36.2. The molecular weight excluding hydrogens is 366 g/mol. The Morgan fingerprint density at radius 3 is 2.03 bits per heavy atom. The number of carbonyl (C=O) groups excluding carboxylic acids is 3. The number of para-hydroxylation sites is 1. The van der Waals surface area contributed by atoms with Crippen LogP contribution in [0.4, 0.5) is 5.69 Å². The van der Waals surface area contributed by atoms with Gasteiger partial charge in [-0.1, -0.05) is 42.5 Å². The molecule has 29 heavy (non-hydrogen) atoms. The Kier molecular flexibility index (Phi) is 6.37. The van der Waals surface area contributed by atoms with Crippen LogP contribution < -0.4 is 16.4 Å². The maximum absolute atomic E-state index is 12.6. The van der Waals surface area contributed by atoms with Crippen LogP contribution in [0.2, 0.25) is 0 Å². The highest BCUT2D eigenvalue weighted by molar-refractivity contribution is 6.09. The summed E-state index contributed by atoms with van der Waals surface area (Å²) >= 11 is 0. The van der Waals surface area contributed by atoms with Gasteiger partial charge >= 0.3 is 0 Å². The fourth-order valence-electron chi connectivity index (χ4n) is 2.83. The molecule has 3 aromatic rings. The monoisotopic (exact) mass is 387 g/mol. The van der Waals surface area contributed by atoms with Gasteiger partial charge in [0.25, 0.3) is 11.8 Å².